The number of methoxy groups -OCH3 is 1. The molecule has 0 atom stereocenters. The van der Waals surface area contributed by atoms with Gasteiger partial charge in [0, 0.05) is 30.3 Å². The van der Waals surface area contributed by atoms with Gasteiger partial charge in [0.25, 0.3) is 11.1 Å². The Morgan fingerprint density at radius 2 is 1.80 bits per heavy atom. The molecular formula is C23H22N4O6S2. The van der Waals surface area contributed by atoms with Gasteiger partial charge >= 0.3 is 0 Å². The van der Waals surface area contributed by atoms with Crippen molar-refractivity contribution < 1.29 is 27.4 Å². The van der Waals surface area contributed by atoms with E-state index in [-0.39, 0.29) is 15.9 Å². The van der Waals surface area contributed by atoms with Gasteiger partial charge < -0.3 is 14.2 Å². The molecule has 2 aromatic carbocycles. The number of ether oxygens (including phenoxy) is 3. The van der Waals surface area contributed by atoms with E-state index in [0.717, 1.165) is 17.8 Å². The molecule has 0 aliphatic carbocycles. The quantitative estimate of drug-likeness (QED) is 0.232. The number of carbonyl (C=O) groups excluding carboxylic acids is 1. The summed E-state index contributed by atoms with van der Waals surface area (Å²) in [5.74, 6) is 1.36. The van der Waals surface area contributed by atoms with Crippen LogP contribution in [0.1, 0.15) is 12.0 Å². The fraction of sp³-hybridized carbons (Fsp3) is 0.217. The van der Waals surface area contributed by atoms with Gasteiger partial charge in [-0.3, -0.25) is 10.1 Å². The third-order valence-electron chi connectivity index (χ3n) is 4.38. The van der Waals surface area contributed by atoms with E-state index in [9.17, 15) is 18.5 Å². The van der Waals surface area contributed by atoms with Crippen LogP contribution in [0.25, 0.3) is 6.08 Å². The highest BCUT2D eigenvalue weighted by atomic mass is 32.2. The number of amides is 1. The minimum Gasteiger partial charge on any atom is -0.497 e. The number of hydrogen-bond acceptors (Lipinski definition) is 10. The van der Waals surface area contributed by atoms with Crippen molar-refractivity contribution in [3.63, 3.8) is 0 Å². The van der Waals surface area contributed by atoms with Crippen molar-refractivity contribution in [2.75, 3.05) is 31.9 Å². The van der Waals surface area contributed by atoms with Crippen LogP contribution in [0.5, 0.6) is 17.2 Å². The number of anilines is 1. The molecule has 3 rings (SSSR count). The second kappa shape index (κ2) is 12.0. The van der Waals surface area contributed by atoms with Gasteiger partial charge in [-0.15, -0.1) is 0 Å². The van der Waals surface area contributed by atoms with Crippen LogP contribution in [-0.2, 0) is 14.6 Å². The highest BCUT2D eigenvalue weighted by Crippen LogP contribution is 2.20. The molecule has 0 fully saturated rings. The second-order valence-corrected chi connectivity index (χ2v) is 9.74. The van der Waals surface area contributed by atoms with E-state index in [1.54, 1.807) is 31.4 Å². The molecule has 0 saturated heterocycles. The van der Waals surface area contributed by atoms with Crippen LogP contribution in [0.15, 0.2) is 59.3 Å². The fourth-order valence-electron chi connectivity index (χ4n) is 2.68. The Morgan fingerprint density at radius 1 is 1.11 bits per heavy atom. The Hall–Kier alpha value is -3.95. The van der Waals surface area contributed by atoms with Crippen molar-refractivity contribution in [3.05, 3.63) is 59.7 Å². The Bertz CT molecular complexity index is 1340. The molecule has 1 aromatic heterocycles. The van der Waals surface area contributed by atoms with Gasteiger partial charge in [-0.2, -0.15) is 14.6 Å². The summed E-state index contributed by atoms with van der Waals surface area (Å²) in [6, 6.07) is 16.1. The molecule has 0 spiro atoms. The first-order valence-electron chi connectivity index (χ1n) is 10.2. The van der Waals surface area contributed by atoms with E-state index >= 15 is 0 Å². The van der Waals surface area contributed by atoms with Crippen LogP contribution in [0.4, 0.5) is 5.13 Å². The number of nitriles is 1. The number of nitrogens with zero attached hydrogens (tertiary/aromatic N) is 3. The predicted molar refractivity (Wildman–Crippen MR) is 130 cm³/mol. The molecular weight excluding hydrogens is 492 g/mol. The number of hydrogen-bond donors (Lipinski definition) is 1. The molecule has 0 aliphatic heterocycles. The SMILES string of the molecule is COc1cccc(OCCCOc2ccc(C=C(C#N)C(=O)Nc3nc(S(C)(=O)=O)ns3)cc2)c1. The largest absolute Gasteiger partial charge is 0.497 e. The van der Waals surface area contributed by atoms with Gasteiger partial charge in [-0.05, 0) is 35.9 Å². The second-order valence-electron chi connectivity index (χ2n) is 7.08. The van der Waals surface area contributed by atoms with E-state index in [1.165, 1.54) is 6.08 Å². The van der Waals surface area contributed by atoms with Crippen LogP contribution in [-0.4, -0.2) is 50.3 Å². The van der Waals surface area contributed by atoms with Crippen molar-refractivity contribution in [2.24, 2.45) is 0 Å². The van der Waals surface area contributed by atoms with Crippen molar-refractivity contribution >= 4 is 38.5 Å². The molecule has 3 aromatic rings. The Balaban J connectivity index is 1.49. The summed E-state index contributed by atoms with van der Waals surface area (Å²) >= 11 is 0.712. The van der Waals surface area contributed by atoms with E-state index in [4.69, 9.17) is 14.2 Å². The molecule has 0 saturated carbocycles. The Kier molecular flexibility index (Phi) is 8.77. The van der Waals surface area contributed by atoms with Crippen molar-refractivity contribution in [2.45, 2.75) is 11.6 Å². The number of benzene rings is 2. The first-order chi connectivity index (χ1) is 16.8. The maximum atomic E-state index is 12.4. The lowest BCUT2D eigenvalue weighted by Gasteiger charge is -2.09. The summed E-state index contributed by atoms with van der Waals surface area (Å²) in [6.45, 7) is 0.928. The summed E-state index contributed by atoms with van der Waals surface area (Å²) in [6.07, 6.45) is 3.04. The van der Waals surface area contributed by atoms with Crippen LogP contribution < -0.4 is 19.5 Å². The lowest BCUT2D eigenvalue weighted by atomic mass is 10.1. The average Bonchev–Trinajstić information content (AvgIpc) is 3.32. The lowest BCUT2D eigenvalue weighted by Crippen LogP contribution is -2.13. The molecule has 12 heteroatoms. The minimum atomic E-state index is -3.59. The summed E-state index contributed by atoms with van der Waals surface area (Å²) < 4.78 is 43.1. The first-order valence-corrected chi connectivity index (χ1v) is 12.9. The van der Waals surface area contributed by atoms with Gasteiger partial charge in [0.05, 0.1) is 20.3 Å². The molecule has 10 nitrogen and oxygen atoms in total. The Morgan fingerprint density at radius 3 is 2.43 bits per heavy atom. The van der Waals surface area contributed by atoms with Gasteiger partial charge in [0.15, 0.2) is 0 Å². The van der Waals surface area contributed by atoms with Crippen LogP contribution in [0, 0.1) is 11.3 Å². The predicted octanol–water partition coefficient (Wildman–Crippen LogP) is 3.34. The molecule has 0 aliphatic rings. The number of sulfone groups is 1. The van der Waals surface area contributed by atoms with Gasteiger partial charge in [-0.1, -0.05) is 18.2 Å². The highest BCUT2D eigenvalue weighted by molar-refractivity contribution is 7.90. The molecule has 182 valence electrons. The number of carbonyl (C=O) groups is 1. The molecule has 1 N–H and O–H groups in total. The zero-order chi connectivity index (χ0) is 25.3. The first kappa shape index (κ1) is 25.7. The van der Waals surface area contributed by atoms with Crippen LogP contribution in [0.3, 0.4) is 0 Å². The van der Waals surface area contributed by atoms with Crippen molar-refractivity contribution in [3.8, 4) is 23.3 Å². The third kappa shape index (κ3) is 7.80. The summed E-state index contributed by atoms with van der Waals surface area (Å²) in [5.41, 5.74) is 0.434. The lowest BCUT2D eigenvalue weighted by molar-refractivity contribution is -0.112. The number of rotatable bonds is 11. The third-order valence-corrected chi connectivity index (χ3v) is 5.97. The molecule has 1 amide bonds. The average molecular weight is 515 g/mol. The minimum absolute atomic E-state index is 0.0179. The molecule has 1 heterocycles. The molecule has 0 unspecified atom stereocenters. The maximum Gasteiger partial charge on any atom is 0.268 e. The summed E-state index contributed by atoms with van der Waals surface area (Å²) in [4.78, 5) is 16.1. The highest BCUT2D eigenvalue weighted by Gasteiger charge is 2.17. The monoisotopic (exact) mass is 514 g/mol. The van der Waals surface area contributed by atoms with Crippen molar-refractivity contribution in [1.82, 2.24) is 9.36 Å². The zero-order valence-corrected chi connectivity index (χ0v) is 20.6. The van der Waals surface area contributed by atoms with E-state index < -0.39 is 15.7 Å². The summed E-state index contributed by atoms with van der Waals surface area (Å²) in [5, 5.41) is 11.3. The van der Waals surface area contributed by atoms with E-state index in [0.29, 0.717) is 42.5 Å². The standard InChI is InChI=1S/C23H22N4O6S2/c1-31-19-5-3-6-20(14-19)33-12-4-11-32-18-9-7-16(8-10-18)13-17(15-24)21(28)25-22-26-23(27-34-22)35(2,29)30/h3,5-10,13-14H,4,11-12H2,1-2H3,(H,25,26,27,28). The zero-order valence-electron chi connectivity index (χ0n) is 18.9. The maximum absolute atomic E-state index is 12.4. The molecule has 0 radical (unpaired) electrons. The molecule has 0 bridgehead atoms. The van der Waals surface area contributed by atoms with Crippen molar-refractivity contribution in [1.29, 1.82) is 5.26 Å². The smallest absolute Gasteiger partial charge is 0.268 e. The summed E-state index contributed by atoms with van der Waals surface area (Å²) in [7, 11) is -1.99. The normalized spacial score (nSPS) is 11.4. The Labute approximate surface area is 206 Å². The fourth-order valence-corrected chi connectivity index (χ4v) is 4.12. The number of aromatic nitrogens is 2. The van der Waals surface area contributed by atoms with Crippen LogP contribution in [0.2, 0.25) is 0 Å². The number of nitrogens with one attached hydrogen (secondary N) is 1. The molecule has 35 heavy (non-hydrogen) atoms. The van der Waals surface area contributed by atoms with E-state index in [2.05, 4.69) is 14.7 Å². The van der Waals surface area contributed by atoms with E-state index in [1.807, 2.05) is 30.3 Å². The van der Waals surface area contributed by atoms with Gasteiger partial charge in [0.2, 0.25) is 15.0 Å². The topological polar surface area (TPSA) is 140 Å². The van der Waals surface area contributed by atoms with Crippen LogP contribution >= 0.6 is 11.5 Å². The van der Waals surface area contributed by atoms with Gasteiger partial charge in [0.1, 0.15) is 28.9 Å². The van der Waals surface area contributed by atoms with Gasteiger partial charge in [-0.25, -0.2) is 8.42 Å².